The van der Waals surface area contributed by atoms with Crippen molar-refractivity contribution in [2.45, 2.75) is 39.0 Å². The second kappa shape index (κ2) is 5.12. The first-order valence-corrected chi connectivity index (χ1v) is 6.12. The van der Waals surface area contributed by atoms with Gasteiger partial charge in [0.1, 0.15) is 11.5 Å². The fourth-order valence-electron chi connectivity index (χ4n) is 2.01. The van der Waals surface area contributed by atoms with Crippen LogP contribution in [0.4, 0.5) is 0 Å². The molecule has 0 bridgehead atoms. The zero-order chi connectivity index (χ0) is 12.3. The summed E-state index contributed by atoms with van der Waals surface area (Å²) >= 11 is 0. The lowest BCUT2D eigenvalue weighted by molar-refractivity contribution is 0.0939. The van der Waals surface area contributed by atoms with E-state index < -0.39 is 0 Å². The van der Waals surface area contributed by atoms with Crippen LogP contribution in [0, 0.1) is 0 Å². The Bertz CT molecular complexity index is 479. The van der Waals surface area contributed by atoms with E-state index in [1.807, 2.05) is 0 Å². The number of carbonyl (C=O) groups is 1. The van der Waals surface area contributed by atoms with Gasteiger partial charge in [-0.3, -0.25) is 9.59 Å². The summed E-state index contributed by atoms with van der Waals surface area (Å²) in [5, 5.41) is 2.71. The number of aromatic nitrogens is 2. The predicted molar refractivity (Wildman–Crippen MR) is 64.1 cm³/mol. The van der Waals surface area contributed by atoms with E-state index in [1.54, 1.807) is 0 Å². The van der Waals surface area contributed by atoms with Gasteiger partial charge in [-0.05, 0) is 12.8 Å². The number of unbranched alkanes of at least 4 members (excludes halogenated alkanes) is 2. The maximum absolute atomic E-state index is 11.8. The molecule has 1 amide bonds. The van der Waals surface area contributed by atoms with Crippen LogP contribution in [0.5, 0.6) is 0 Å². The van der Waals surface area contributed by atoms with Gasteiger partial charge in [0.15, 0.2) is 0 Å². The summed E-state index contributed by atoms with van der Waals surface area (Å²) in [6, 6.07) is 0. The quantitative estimate of drug-likeness (QED) is 0.758. The lowest BCUT2D eigenvalue weighted by atomic mass is 10.1. The first kappa shape index (κ1) is 11.8. The highest BCUT2D eigenvalue weighted by Gasteiger charge is 2.21. The topological polar surface area (TPSA) is 74.8 Å². The average Bonchev–Trinajstić information content (AvgIpc) is 2.31. The van der Waals surface area contributed by atoms with Crippen molar-refractivity contribution in [1.82, 2.24) is 15.3 Å². The van der Waals surface area contributed by atoms with E-state index in [4.69, 9.17) is 0 Å². The molecule has 0 aliphatic carbocycles. The molecule has 0 atom stereocenters. The minimum atomic E-state index is -0.228. The molecule has 2 heterocycles. The highest BCUT2D eigenvalue weighted by Crippen LogP contribution is 2.08. The zero-order valence-electron chi connectivity index (χ0n) is 10.0. The Labute approximate surface area is 99.7 Å². The monoisotopic (exact) mass is 235 g/mol. The summed E-state index contributed by atoms with van der Waals surface area (Å²) < 4.78 is 0. The zero-order valence-corrected chi connectivity index (χ0v) is 10.0. The SMILES string of the molecule is CCCCCc1nc2c(c(=O)[nH]1)CCNC2=O. The summed E-state index contributed by atoms with van der Waals surface area (Å²) in [5.74, 6) is 0.397. The van der Waals surface area contributed by atoms with Crippen molar-refractivity contribution in [1.29, 1.82) is 0 Å². The molecule has 0 unspecified atom stereocenters. The van der Waals surface area contributed by atoms with Gasteiger partial charge in [0.2, 0.25) is 0 Å². The van der Waals surface area contributed by atoms with Gasteiger partial charge < -0.3 is 10.3 Å². The van der Waals surface area contributed by atoms with Crippen molar-refractivity contribution in [2.24, 2.45) is 0 Å². The first-order chi connectivity index (χ1) is 8.22. The molecule has 2 N–H and O–H groups in total. The molecule has 1 aliphatic heterocycles. The number of H-pyrrole nitrogens is 1. The molecule has 0 fully saturated rings. The minimum Gasteiger partial charge on any atom is -0.350 e. The third-order valence-corrected chi connectivity index (χ3v) is 2.96. The number of carbonyl (C=O) groups excluding carboxylic acids is 1. The molecule has 5 heteroatoms. The molecular formula is C12H17N3O2. The molecule has 2 rings (SSSR count). The lowest BCUT2D eigenvalue weighted by Crippen LogP contribution is -2.37. The van der Waals surface area contributed by atoms with Gasteiger partial charge in [0.25, 0.3) is 11.5 Å². The smallest absolute Gasteiger partial charge is 0.270 e. The van der Waals surface area contributed by atoms with E-state index in [0.29, 0.717) is 30.0 Å². The Morgan fingerprint density at radius 2 is 2.12 bits per heavy atom. The average molecular weight is 235 g/mol. The summed E-state index contributed by atoms with van der Waals surface area (Å²) in [5.41, 5.74) is 0.677. The number of aryl methyl sites for hydroxylation is 1. The van der Waals surface area contributed by atoms with Crippen molar-refractivity contribution < 1.29 is 4.79 Å². The minimum absolute atomic E-state index is 0.156. The maximum Gasteiger partial charge on any atom is 0.270 e. The molecule has 0 saturated carbocycles. The van der Waals surface area contributed by atoms with Crippen LogP contribution in [0.25, 0.3) is 0 Å². The van der Waals surface area contributed by atoms with E-state index in [1.165, 1.54) is 0 Å². The molecule has 0 radical (unpaired) electrons. The fourth-order valence-corrected chi connectivity index (χ4v) is 2.01. The predicted octanol–water partition coefficient (Wildman–Crippen LogP) is 0.788. The maximum atomic E-state index is 11.8. The lowest BCUT2D eigenvalue weighted by Gasteiger charge is -2.15. The molecule has 17 heavy (non-hydrogen) atoms. The second-order valence-electron chi connectivity index (χ2n) is 4.30. The largest absolute Gasteiger partial charge is 0.350 e. The summed E-state index contributed by atoms with van der Waals surface area (Å²) in [7, 11) is 0. The van der Waals surface area contributed by atoms with Crippen LogP contribution in [0.1, 0.15) is 48.1 Å². The summed E-state index contributed by atoms with van der Waals surface area (Å²) in [6.45, 7) is 2.64. The standard InChI is InChI=1S/C12H17N3O2/c1-2-3-4-5-9-14-10-8(11(16)15-9)6-7-13-12(10)17/h2-7H2,1H3,(H,13,17)(H,14,15,16). The number of amides is 1. The van der Waals surface area contributed by atoms with Gasteiger partial charge in [0.05, 0.1) is 5.56 Å². The van der Waals surface area contributed by atoms with E-state index in [9.17, 15) is 9.59 Å². The number of rotatable bonds is 4. The number of aromatic amines is 1. The van der Waals surface area contributed by atoms with Crippen LogP contribution in [0.15, 0.2) is 4.79 Å². The molecule has 0 aromatic carbocycles. The highest BCUT2D eigenvalue weighted by molar-refractivity contribution is 5.94. The van der Waals surface area contributed by atoms with Crippen LogP contribution < -0.4 is 10.9 Å². The Morgan fingerprint density at radius 1 is 1.29 bits per heavy atom. The van der Waals surface area contributed by atoms with Crippen molar-refractivity contribution in [2.75, 3.05) is 6.54 Å². The molecular weight excluding hydrogens is 218 g/mol. The van der Waals surface area contributed by atoms with E-state index >= 15 is 0 Å². The van der Waals surface area contributed by atoms with Crippen LogP contribution >= 0.6 is 0 Å². The molecule has 1 aliphatic rings. The Hall–Kier alpha value is -1.65. The molecule has 1 aromatic rings. The molecule has 0 spiro atoms. The summed E-state index contributed by atoms with van der Waals surface area (Å²) in [4.78, 5) is 30.4. The van der Waals surface area contributed by atoms with Crippen molar-refractivity contribution >= 4 is 5.91 Å². The summed E-state index contributed by atoms with van der Waals surface area (Å²) in [6.07, 6.45) is 4.50. The Morgan fingerprint density at radius 3 is 2.88 bits per heavy atom. The van der Waals surface area contributed by atoms with Crippen molar-refractivity contribution in [3.8, 4) is 0 Å². The van der Waals surface area contributed by atoms with Gasteiger partial charge in [0, 0.05) is 13.0 Å². The van der Waals surface area contributed by atoms with Crippen LogP contribution in [-0.2, 0) is 12.8 Å². The number of hydrogen-bond acceptors (Lipinski definition) is 3. The number of nitrogens with zero attached hydrogens (tertiary/aromatic N) is 1. The van der Waals surface area contributed by atoms with Crippen LogP contribution in [0.3, 0.4) is 0 Å². The number of nitrogens with one attached hydrogen (secondary N) is 2. The van der Waals surface area contributed by atoms with Gasteiger partial charge in [-0.15, -0.1) is 0 Å². The third-order valence-electron chi connectivity index (χ3n) is 2.96. The van der Waals surface area contributed by atoms with E-state index in [0.717, 1.165) is 25.7 Å². The molecule has 5 nitrogen and oxygen atoms in total. The second-order valence-corrected chi connectivity index (χ2v) is 4.30. The van der Waals surface area contributed by atoms with Crippen molar-refractivity contribution in [3.05, 3.63) is 27.4 Å². The Kier molecular flexibility index (Phi) is 3.56. The highest BCUT2D eigenvalue weighted by atomic mass is 16.2. The van der Waals surface area contributed by atoms with Gasteiger partial charge in [-0.25, -0.2) is 4.98 Å². The first-order valence-electron chi connectivity index (χ1n) is 6.12. The van der Waals surface area contributed by atoms with Gasteiger partial charge in [-0.2, -0.15) is 0 Å². The van der Waals surface area contributed by atoms with E-state index in [-0.39, 0.29) is 11.5 Å². The van der Waals surface area contributed by atoms with Gasteiger partial charge in [-0.1, -0.05) is 19.8 Å². The molecule has 92 valence electrons. The van der Waals surface area contributed by atoms with Crippen molar-refractivity contribution in [3.63, 3.8) is 0 Å². The van der Waals surface area contributed by atoms with Crippen LogP contribution in [0.2, 0.25) is 0 Å². The molecule has 0 saturated heterocycles. The fraction of sp³-hybridized carbons (Fsp3) is 0.583. The van der Waals surface area contributed by atoms with E-state index in [2.05, 4.69) is 22.2 Å². The normalized spacial score (nSPS) is 14.3. The Balaban J connectivity index is 2.26. The number of fused-ring (bicyclic) bond motifs is 1. The third kappa shape index (κ3) is 2.54. The molecule has 1 aromatic heterocycles. The van der Waals surface area contributed by atoms with Crippen LogP contribution in [-0.4, -0.2) is 22.4 Å². The number of hydrogen-bond donors (Lipinski definition) is 2. The van der Waals surface area contributed by atoms with Gasteiger partial charge >= 0.3 is 0 Å².